The van der Waals surface area contributed by atoms with Crippen molar-refractivity contribution in [3.05, 3.63) is 12.7 Å². The van der Waals surface area contributed by atoms with E-state index >= 15 is 0 Å². The summed E-state index contributed by atoms with van der Waals surface area (Å²) in [5, 5.41) is 0. The molecule has 0 aliphatic carbocycles. The summed E-state index contributed by atoms with van der Waals surface area (Å²) in [6.07, 6.45) is 8.01. The zero-order valence-electron chi connectivity index (χ0n) is 11.0. The summed E-state index contributed by atoms with van der Waals surface area (Å²) in [7, 11) is 0. The molecular formula is C14H24O3. The highest BCUT2D eigenvalue weighted by Crippen LogP contribution is 2.19. The van der Waals surface area contributed by atoms with E-state index in [2.05, 4.69) is 25.2 Å². The molecule has 0 radical (unpaired) electrons. The van der Waals surface area contributed by atoms with Crippen LogP contribution in [-0.2, 0) is 14.3 Å². The average Bonchev–Trinajstić information content (AvgIpc) is 2.33. The Bertz CT molecular complexity index is 246. The van der Waals surface area contributed by atoms with Crippen LogP contribution in [0.4, 0.5) is 0 Å². The molecule has 0 aromatic rings. The predicted molar refractivity (Wildman–Crippen MR) is 68.5 cm³/mol. The second-order valence-electron chi connectivity index (χ2n) is 4.31. The van der Waals surface area contributed by atoms with Crippen LogP contribution in [0.2, 0.25) is 0 Å². The third-order valence-electron chi connectivity index (χ3n) is 2.92. The third-order valence-corrected chi connectivity index (χ3v) is 2.92. The van der Waals surface area contributed by atoms with E-state index in [1.54, 1.807) is 0 Å². The smallest absolute Gasteiger partial charge is 0.337 e. The Balaban J connectivity index is 3.69. The molecule has 0 N–H and O–H groups in total. The minimum absolute atomic E-state index is 0.322. The lowest BCUT2D eigenvalue weighted by molar-refractivity contribution is -0.156. The molecule has 3 heteroatoms. The van der Waals surface area contributed by atoms with Gasteiger partial charge in [0, 0.05) is 12.5 Å². The number of carbonyl (C=O) groups is 2. The lowest BCUT2D eigenvalue weighted by atomic mass is 9.94. The Morgan fingerprint density at radius 3 is 2.41 bits per heavy atom. The van der Waals surface area contributed by atoms with Crippen molar-refractivity contribution in [3.63, 3.8) is 0 Å². The van der Waals surface area contributed by atoms with E-state index in [9.17, 15) is 9.59 Å². The normalized spacial score (nSPS) is 11.9. The van der Waals surface area contributed by atoms with Gasteiger partial charge >= 0.3 is 11.9 Å². The summed E-state index contributed by atoms with van der Waals surface area (Å²) in [6, 6.07) is 0. The number of ether oxygens (including phenoxy) is 1. The molecule has 0 heterocycles. The quantitative estimate of drug-likeness (QED) is 0.351. The van der Waals surface area contributed by atoms with Gasteiger partial charge < -0.3 is 4.74 Å². The Morgan fingerprint density at radius 1 is 1.24 bits per heavy atom. The maximum absolute atomic E-state index is 11.2. The first-order valence-electron chi connectivity index (χ1n) is 6.51. The van der Waals surface area contributed by atoms with Crippen molar-refractivity contribution in [1.29, 1.82) is 0 Å². The minimum atomic E-state index is -0.659. The lowest BCUT2D eigenvalue weighted by Crippen LogP contribution is -2.10. The van der Waals surface area contributed by atoms with Gasteiger partial charge in [0.15, 0.2) is 0 Å². The number of esters is 2. The summed E-state index contributed by atoms with van der Waals surface area (Å²) < 4.78 is 4.50. The molecule has 0 saturated carbocycles. The zero-order chi connectivity index (χ0) is 13.1. The fourth-order valence-electron chi connectivity index (χ4n) is 1.79. The van der Waals surface area contributed by atoms with E-state index < -0.39 is 11.9 Å². The Kier molecular flexibility index (Phi) is 9.40. The number of unbranched alkanes of at least 4 members (excludes halogenated alkanes) is 1. The van der Waals surface area contributed by atoms with Crippen LogP contribution in [-0.4, -0.2) is 11.9 Å². The van der Waals surface area contributed by atoms with Crippen molar-refractivity contribution in [2.45, 2.75) is 58.8 Å². The van der Waals surface area contributed by atoms with Crippen molar-refractivity contribution in [2.24, 2.45) is 5.92 Å². The van der Waals surface area contributed by atoms with Gasteiger partial charge in [-0.15, -0.1) is 0 Å². The molecule has 0 aliphatic rings. The molecule has 0 aliphatic heterocycles. The summed E-state index contributed by atoms with van der Waals surface area (Å²) in [5.41, 5.74) is 0. The van der Waals surface area contributed by atoms with Gasteiger partial charge in [0.05, 0.1) is 0 Å². The van der Waals surface area contributed by atoms with Gasteiger partial charge in [0.2, 0.25) is 0 Å². The predicted octanol–water partition coefficient (Wildman–Crippen LogP) is 3.63. The molecule has 1 unspecified atom stereocenters. The fourth-order valence-corrected chi connectivity index (χ4v) is 1.79. The molecule has 0 fully saturated rings. The molecule has 3 nitrogen and oxygen atoms in total. The van der Waals surface area contributed by atoms with Crippen molar-refractivity contribution in [2.75, 3.05) is 0 Å². The Labute approximate surface area is 104 Å². The van der Waals surface area contributed by atoms with E-state index in [0.29, 0.717) is 12.3 Å². The first-order valence-corrected chi connectivity index (χ1v) is 6.51. The van der Waals surface area contributed by atoms with E-state index in [4.69, 9.17) is 0 Å². The van der Waals surface area contributed by atoms with Crippen LogP contribution in [0.15, 0.2) is 12.7 Å². The van der Waals surface area contributed by atoms with Gasteiger partial charge in [-0.1, -0.05) is 46.1 Å². The highest BCUT2D eigenvalue weighted by Gasteiger charge is 2.10. The first-order chi connectivity index (χ1) is 8.13. The molecule has 0 bridgehead atoms. The van der Waals surface area contributed by atoms with Crippen LogP contribution < -0.4 is 0 Å². The van der Waals surface area contributed by atoms with Gasteiger partial charge in [-0.05, 0) is 18.8 Å². The monoisotopic (exact) mass is 240 g/mol. The second-order valence-corrected chi connectivity index (χ2v) is 4.31. The molecular weight excluding hydrogens is 216 g/mol. The Hall–Kier alpha value is -1.12. The van der Waals surface area contributed by atoms with E-state index in [-0.39, 0.29) is 0 Å². The van der Waals surface area contributed by atoms with Crippen molar-refractivity contribution in [3.8, 4) is 0 Å². The number of rotatable bonds is 9. The minimum Gasteiger partial charge on any atom is -0.390 e. The summed E-state index contributed by atoms with van der Waals surface area (Å²) in [5.74, 6) is -0.411. The fraction of sp³-hybridized carbons (Fsp3) is 0.714. The van der Waals surface area contributed by atoms with Crippen LogP contribution in [0.1, 0.15) is 58.8 Å². The Morgan fingerprint density at radius 2 is 1.88 bits per heavy atom. The van der Waals surface area contributed by atoms with E-state index in [1.165, 1.54) is 19.3 Å². The third kappa shape index (κ3) is 8.66. The molecule has 0 amide bonds. The van der Waals surface area contributed by atoms with Gasteiger partial charge in [-0.25, -0.2) is 4.79 Å². The topological polar surface area (TPSA) is 43.4 Å². The first kappa shape index (κ1) is 15.9. The van der Waals surface area contributed by atoms with Gasteiger partial charge in [0.25, 0.3) is 0 Å². The lowest BCUT2D eigenvalue weighted by Gasteiger charge is -2.13. The molecule has 0 spiro atoms. The summed E-state index contributed by atoms with van der Waals surface area (Å²) in [4.78, 5) is 22.0. The number of hydrogen-bond acceptors (Lipinski definition) is 3. The molecule has 0 rings (SSSR count). The highest BCUT2D eigenvalue weighted by atomic mass is 16.6. The number of carbonyl (C=O) groups excluding carboxylic acids is 2. The second kappa shape index (κ2) is 10.1. The van der Waals surface area contributed by atoms with Gasteiger partial charge in [0.1, 0.15) is 0 Å². The average molecular weight is 240 g/mol. The molecule has 0 aromatic heterocycles. The van der Waals surface area contributed by atoms with E-state index in [0.717, 1.165) is 25.3 Å². The van der Waals surface area contributed by atoms with Crippen LogP contribution in [0, 0.1) is 5.92 Å². The van der Waals surface area contributed by atoms with Gasteiger partial charge in [-0.3, -0.25) is 4.79 Å². The highest BCUT2D eigenvalue weighted by molar-refractivity contribution is 5.91. The van der Waals surface area contributed by atoms with Crippen molar-refractivity contribution in [1.82, 2.24) is 0 Å². The van der Waals surface area contributed by atoms with E-state index in [1.807, 2.05) is 0 Å². The number of hydrogen-bond donors (Lipinski definition) is 0. The summed E-state index contributed by atoms with van der Waals surface area (Å²) >= 11 is 0. The molecule has 0 saturated heterocycles. The van der Waals surface area contributed by atoms with Crippen molar-refractivity contribution < 1.29 is 14.3 Å². The zero-order valence-corrected chi connectivity index (χ0v) is 11.0. The standard InChI is InChI=1S/C14H24O3/c1-4-7-9-12(5-2)10-8-11-14(16)17-13(15)6-3/h6,12H,3-5,7-11H2,1-2H3. The van der Waals surface area contributed by atoms with Crippen molar-refractivity contribution >= 4 is 11.9 Å². The molecule has 1 atom stereocenters. The van der Waals surface area contributed by atoms with Crippen LogP contribution in [0.5, 0.6) is 0 Å². The van der Waals surface area contributed by atoms with Gasteiger partial charge in [-0.2, -0.15) is 0 Å². The van der Waals surface area contributed by atoms with Crippen LogP contribution in [0.3, 0.4) is 0 Å². The molecule has 17 heavy (non-hydrogen) atoms. The molecule has 0 aromatic carbocycles. The summed E-state index contributed by atoms with van der Waals surface area (Å²) in [6.45, 7) is 7.61. The maximum Gasteiger partial charge on any atom is 0.337 e. The largest absolute Gasteiger partial charge is 0.390 e. The van der Waals surface area contributed by atoms with Crippen LogP contribution >= 0.6 is 0 Å². The molecule has 98 valence electrons. The SMILES string of the molecule is C=CC(=O)OC(=O)CCCC(CC)CCCC. The van der Waals surface area contributed by atoms with Crippen LogP contribution in [0.25, 0.3) is 0 Å². The maximum atomic E-state index is 11.2.